The average molecular weight is 366 g/mol. The van der Waals surface area contributed by atoms with Gasteiger partial charge in [-0.3, -0.25) is 19.1 Å². The van der Waals surface area contributed by atoms with Crippen LogP contribution in [0.5, 0.6) is 0 Å². The van der Waals surface area contributed by atoms with Crippen molar-refractivity contribution in [3.63, 3.8) is 0 Å². The molecule has 0 aromatic carbocycles. The third kappa shape index (κ3) is 3.75. The summed E-state index contributed by atoms with van der Waals surface area (Å²) < 4.78 is 4.88. The summed E-state index contributed by atoms with van der Waals surface area (Å²) >= 11 is 0. The summed E-state index contributed by atoms with van der Waals surface area (Å²) in [7, 11) is 1.75. The average Bonchev–Trinajstić information content (AvgIpc) is 3.33. The van der Waals surface area contributed by atoms with Gasteiger partial charge in [0.25, 0.3) is 11.1 Å². The molecule has 0 bridgehead atoms. The zero-order valence-electron chi connectivity index (χ0n) is 15.2. The number of pyridine rings is 1. The molecule has 0 saturated carbocycles. The molecule has 0 radical (unpaired) electrons. The third-order valence-electron chi connectivity index (χ3n) is 5.06. The fourth-order valence-corrected chi connectivity index (χ4v) is 3.53. The molecule has 0 aliphatic carbocycles. The van der Waals surface area contributed by atoms with Crippen LogP contribution >= 0.6 is 0 Å². The minimum Gasteiger partial charge on any atom is -0.319 e. The smallest absolute Gasteiger partial charge is 0.266 e. The van der Waals surface area contributed by atoms with Crippen molar-refractivity contribution in [1.82, 2.24) is 28.8 Å². The van der Waals surface area contributed by atoms with Crippen LogP contribution in [-0.4, -0.2) is 41.4 Å². The molecule has 1 aliphatic rings. The Kier molecular flexibility index (Phi) is 4.72. The zero-order valence-corrected chi connectivity index (χ0v) is 15.2. The molecule has 27 heavy (non-hydrogen) atoms. The van der Waals surface area contributed by atoms with Crippen LogP contribution in [0.3, 0.4) is 0 Å². The predicted molar refractivity (Wildman–Crippen MR) is 101 cm³/mol. The highest BCUT2D eigenvalue weighted by Gasteiger charge is 2.25. The topological polar surface area (TPSA) is 78.0 Å². The van der Waals surface area contributed by atoms with E-state index in [4.69, 9.17) is 0 Å². The SMILES string of the molecule is Cn1ccc(CN2CCCC2Cn2nc(-n3ccnc3)ccc2=O)cc1=O. The predicted octanol–water partition coefficient (Wildman–Crippen LogP) is 0.792. The Morgan fingerprint density at radius 1 is 1.15 bits per heavy atom. The molecule has 0 N–H and O–H groups in total. The van der Waals surface area contributed by atoms with Gasteiger partial charge in [0.05, 0.1) is 6.54 Å². The number of nitrogens with zero attached hydrogens (tertiary/aromatic N) is 6. The fraction of sp³-hybridized carbons (Fsp3) is 0.368. The van der Waals surface area contributed by atoms with Crippen molar-refractivity contribution in [2.75, 3.05) is 6.54 Å². The first kappa shape index (κ1) is 17.4. The van der Waals surface area contributed by atoms with Crippen LogP contribution in [0.25, 0.3) is 5.82 Å². The summed E-state index contributed by atoms with van der Waals surface area (Å²) in [5.41, 5.74) is 0.880. The van der Waals surface area contributed by atoms with Gasteiger partial charge in [-0.1, -0.05) is 0 Å². The van der Waals surface area contributed by atoms with E-state index in [1.807, 2.05) is 6.07 Å². The number of hydrogen-bond donors (Lipinski definition) is 0. The first-order chi connectivity index (χ1) is 13.1. The van der Waals surface area contributed by atoms with E-state index < -0.39 is 0 Å². The Bertz CT molecular complexity index is 1040. The van der Waals surface area contributed by atoms with Crippen LogP contribution < -0.4 is 11.1 Å². The fourth-order valence-electron chi connectivity index (χ4n) is 3.53. The maximum absolute atomic E-state index is 12.3. The Balaban J connectivity index is 1.53. The molecule has 4 heterocycles. The van der Waals surface area contributed by atoms with Gasteiger partial charge >= 0.3 is 0 Å². The van der Waals surface area contributed by atoms with Gasteiger partial charge in [0.1, 0.15) is 6.33 Å². The van der Waals surface area contributed by atoms with Gasteiger partial charge in [0.15, 0.2) is 5.82 Å². The Morgan fingerprint density at radius 2 is 2.04 bits per heavy atom. The molecule has 3 aromatic heterocycles. The van der Waals surface area contributed by atoms with Crippen LogP contribution in [0.4, 0.5) is 0 Å². The maximum atomic E-state index is 12.3. The summed E-state index contributed by atoms with van der Waals surface area (Å²) in [5.74, 6) is 0.670. The monoisotopic (exact) mass is 366 g/mol. The van der Waals surface area contributed by atoms with Crippen LogP contribution in [0, 0.1) is 0 Å². The largest absolute Gasteiger partial charge is 0.319 e. The van der Waals surface area contributed by atoms with Crippen molar-refractivity contribution in [3.8, 4) is 5.82 Å². The summed E-state index contributed by atoms with van der Waals surface area (Å²) in [4.78, 5) is 30.5. The lowest BCUT2D eigenvalue weighted by Crippen LogP contribution is -2.37. The van der Waals surface area contributed by atoms with Crippen LogP contribution in [0.15, 0.2) is 58.8 Å². The lowest BCUT2D eigenvalue weighted by molar-refractivity contribution is 0.216. The van der Waals surface area contributed by atoms with E-state index in [-0.39, 0.29) is 17.2 Å². The van der Waals surface area contributed by atoms with Crippen molar-refractivity contribution >= 4 is 0 Å². The number of imidazole rings is 1. The van der Waals surface area contributed by atoms with Gasteiger partial charge in [-0.15, -0.1) is 0 Å². The maximum Gasteiger partial charge on any atom is 0.266 e. The van der Waals surface area contributed by atoms with Crippen molar-refractivity contribution in [3.05, 3.63) is 75.5 Å². The molecule has 1 saturated heterocycles. The second-order valence-electron chi connectivity index (χ2n) is 6.93. The molecular formula is C19H22N6O2. The van der Waals surface area contributed by atoms with Crippen molar-refractivity contribution < 1.29 is 0 Å². The summed E-state index contributed by atoms with van der Waals surface area (Å²) in [6.45, 7) is 2.19. The van der Waals surface area contributed by atoms with Crippen molar-refractivity contribution in [1.29, 1.82) is 0 Å². The molecule has 1 fully saturated rings. The molecule has 4 rings (SSSR count). The highest BCUT2D eigenvalue weighted by Crippen LogP contribution is 2.20. The van der Waals surface area contributed by atoms with E-state index in [9.17, 15) is 9.59 Å². The Hall–Kier alpha value is -3.00. The Labute approximate surface area is 156 Å². The number of aryl methyl sites for hydroxylation is 1. The highest BCUT2D eigenvalue weighted by molar-refractivity contribution is 5.19. The molecule has 0 spiro atoms. The molecule has 1 atom stereocenters. The van der Waals surface area contributed by atoms with Crippen LogP contribution in [0.1, 0.15) is 18.4 Å². The van der Waals surface area contributed by atoms with E-state index in [0.29, 0.717) is 18.9 Å². The van der Waals surface area contributed by atoms with Crippen molar-refractivity contribution in [2.45, 2.75) is 32.0 Å². The number of aromatic nitrogens is 5. The molecule has 140 valence electrons. The first-order valence-electron chi connectivity index (χ1n) is 9.06. The van der Waals surface area contributed by atoms with E-state index in [0.717, 1.165) is 24.9 Å². The van der Waals surface area contributed by atoms with Gasteiger partial charge in [-0.25, -0.2) is 9.67 Å². The summed E-state index contributed by atoms with van der Waals surface area (Å²) in [6.07, 6.45) is 9.02. The van der Waals surface area contributed by atoms with Gasteiger partial charge in [0.2, 0.25) is 0 Å². The first-order valence-corrected chi connectivity index (χ1v) is 9.06. The summed E-state index contributed by atoms with van der Waals surface area (Å²) in [6, 6.07) is 7.12. The number of likely N-dealkylation sites (tertiary alicyclic amines) is 1. The minimum absolute atomic E-state index is 0.00540. The Morgan fingerprint density at radius 3 is 2.81 bits per heavy atom. The van der Waals surface area contributed by atoms with Gasteiger partial charge in [-0.2, -0.15) is 5.10 Å². The molecule has 1 aliphatic heterocycles. The normalized spacial score (nSPS) is 17.4. The molecule has 8 nitrogen and oxygen atoms in total. The van der Waals surface area contributed by atoms with E-state index in [1.165, 1.54) is 4.68 Å². The number of hydrogen-bond acceptors (Lipinski definition) is 5. The lowest BCUT2D eigenvalue weighted by Gasteiger charge is -2.24. The third-order valence-corrected chi connectivity index (χ3v) is 5.06. The van der Waals surface area contributed by atoms with Gasteiger partial charge < -0.3 is 4.57 Å². The van der Waals surface area contributed by atoms with E-state index in [1.54, 1.807) is 59.3 Å². The molecule has 0 amide bonds. The zero-order chi connectivity index (χ0) is 18.8. The van der Waals surface area contributed by atoms with Crippen molar-refractivity contribution in [2.24, 2.45) is 7.05 Å². The van der Waals surface area contributed by atoms with Gasteiger partial charge in [0, 0.05) is 50.4 Å². The lowest BCUT2D eigenvalue weighted by atomic mass is 10.2. The van der Waals surface area contributed by atoms with Gasteiger partial charge in [-0.05, 0) is 37.1 Å². The number of rotatable bonds is 5. The molecule has 8 heteroatoms. The molecular weight excluding hydrogens is 344 g/mol. The minimum atomic E-state index is -0.112. The standard InChI is InChI=1S/C19H22N6O2/c1-22-9-6-15(11-19(22)27)12-23-8-2-3-16(23)13-25-18(26)5-4-17(21-25)24-10-7-20-14-24/h4-7,9-11,14,16H,2-3,8,12-13H2,1H3. The second kappa shape index (κ2) is 7.32. The van der Waals surface area contributed by atoms with Crippen LogP contribution in [-0.2, 0) is 20.1 Å². The molecule has 1 unspecified atom stereocenters. The molecule has 3 aromatic rings. The second-order valence-corrected chi connectivity index (χ2v) is 6.93. The van der Waals surface area contributed by atoms with E-state index in [2.05, 4.69) is 15.0 Å². The van der Waals surface area contributed by atoms with E-state index >= 15 is 0 Å². The highest BCUT2D eigenvalue weighted by atomic mass is 16.1. The quantitative estimate of drug-likeness (QED) is 0.667. The summed E-state index contributed by atoms with van der Waals surface area (Å²) in [5, 5.41) is 4.49. The van der Waals surface area contributed by atoms with Crippen LogP contribution in [0.2, 0.25) is 0 Å².